The maximum atomic E-state index is 14.1. The van der Waals surface area contributed by atoms with E-state index in [0.29, 0.717) is 5.02 Å². The lowest BCUT2D eigenvalue weighted by molar-refractivity contribution is 0.0376. The first-order chi connectivity index (χ1) is 8.39. The zero-order valence-electron chi connectivity index (χ0n) is 8.84. The standard InChI is InChI=1S/C11H7ClF2N2OS/c12-7-3-1-6(2-4-7)11(13,14)8-5-9(17)16-10(18)15-8/h1-5H,(H2,15,16,17,18). The van der Waals surface area contributed by atoms with Gasteiger partial charge in [0.1, 0.15) is 0 Å². The molecule has 0 fully saturated rings. The molecule has 0 unspecified atom stereocenters. The summed E-state index contributed by atoms with van der Waals surface area (Å²) in [5.74, 6) is -3.34. The number of halogens is 3. The molecule has 0 saturated carbocycles. The predicted molar refractivity (Wildman–Crippen MR) is 66.7 cm³/mol. The zero-order chi connectivity index (χ0) is 13.3. The number of nitrogens with one attached hydrogen (secondary N) is 2. The van der Waals surface area contributed by atoms with Gasteiger partial charge >= 0.3 is 5.92 Å². The second kappa shape index (κ2) is 4.62. The molecule has 0 aliphatic carbocycles. The van der Waals surface area contributed by atoms with E-state index in [1.165, 1.54) is 24.3 Å². The van der Waals surface area contributed by atoms with Crippen LogP contribution in [0, 0.1) is 4.77 Å². The Morgan fingerprint density at radius 2 is 1.78 bits per heavy atom. The van der Waals surface area contributed by atoms with Crippen LogP contribution in [0.5, 0.6) is 0 Å². The molecule has 0 radical (unpaired) electrons. The summed E-state index contributed by atoms with van der Waals surface area (Å²) >= 11 is 10.3. The summed E-state index contributed by atoms with van der Waals surface area (Å²) in [7, 11) is 0. The Balaban J connectivity index is 2.56. The molecule has 2 N–H and O–H groups in total. The van der Waals surface area contributed by atoms with Crippen LogP contribution in [0.15, 0.2) is 35.1 Å². The molecule has 7 heteroatoms. The molecule has 0 bridgehead atoms. The van der Waals surface area contributed by atoms with Gasteiger partial charge in [0.2, 0.25) is 0 Å². The first-order valence-corrected chi connectivity index (χ1v) is 5.66. The number of hydrogen-bond acceptors (Lipinski definition) is 2. The number of aromatic amines is 2. The van der Waals surface area contributed by atoms with Crippen molar-refractivity contribution in [1.29, 1.82) is 0 Å². The van der Waals surface area contributed by atoms with Crippen LogP contribution >= 0.6 is 23.8 Å². The third kappa shape index (κ3) is 2.49. The van der Waals surface area contributed by atoms with E-state index in [1.54, 1.807) is 0 Å². The lowest BCUT2D eigenvalue weighted by Gasteiger charge is -2.16. The molecule has 0 aliphatic rings. The normalized spacial score (nSPS) is 11.5. The van der Waals surface area contributed by atoms with Gasteiger partial charge in [-0.15, -0.1) is 0 Å². The second-order valence-corrected chi connectivity index (χ2v) is 4.43. The summed E-state index contributed by atoms with van der Waals surface area (Å²) < 4.78 is 28.1. The number of aromatic nitrogens is 2. The number of rotatable bonds is 2. The lowest BCUT2D eigenvalue weighted by Crippen LogP contribution is -2.21. The average molecular weight is 289 g/mol. The van der Waals surface area contributed by atoms with E-state index in [9.17, 15) is 13.6 Å². The first-order valence-electron chi connectivity index (χ1n) is 4.87. The molecule has 0 amide bonds. The van der Waals surface area contributed by atoms with Gasteiger partial charge in [0.15, 0.2) is 4.77 Å². The molecule has 0 atom stereocenters. The molecule has 3 nitrogen and oxygen atoms in total. The van der Waals surface area contributed by atoms with Crippen LogP contribution in [0.4, 0.5) is 8.78 Å². The van der Waals surface area contributed by atoms with Crippen LogP contribution in [0.1, 0.15) is 11.3 Å². The number of alkyl halides is 2. The van der Waals surface area contributed by atoms with Crippen molar-refractivity contribution in [2.75, 3.05) is 0 Å². The van der Waals surface area contributed by atoms with Crippen molar-refractivity contribution in [2.24, 2.45) is 0 Å². The summed E-state index contributed by atoms with van der Waals surface area (Å²) in [6.07, 6.45) is 0. The van der Waals surface area contributed by atoms with Crippen molar-refractivity contribution in [3.05, 3.63) is 61.7 Å². The summed E-state index contributed by atoms with van der Waals surface area (Å²) in [6.45, 7) is 0. The van der Waals surface area contributed by atoms with E-state index in [-0.39, 0.29) is 10.3 Å². The smallest absolute Gasteiger partial charge is 0.313 e. The quantitative estimate of drug-likeness (QED) is 0.834. The Hall–Kier alpha value is -1.53. The molecule has 0 spiro atoms. The summed E-state index contributed by atoms with van der Waals surface area (Å²) in [4.78, 5) is 15.6. The summed E-state index contributed by atoms with van der Waals surface area (Å²) in [5.41, 5.74) is -1.51. The van der Waals surface area contributed by atoms with Crippen molar-refractivity contribution < 1.29 is 8.78 Å². The third-order valence-corrected chi connectivity index (χ3v) is 2.76. The SMILES string of the molecule is O=c1cc(C(F)(F)c2ccc(Cl)cc2)[nH]c(=S)[nH]1. The molecule has 2 rings (SSSR count). The molecule has 0 saturated heterocycles. The minimum Gasteiger partial charge on any atom is -0.330 e. The minimum absolute atomic E-state index is 0.147. The molecule has 1 aromatic carbocycles. The molecule has 2 aromatic rings. The van der Waals surface area contributed by atoms with E-state index >= 15 is 0 Å². The molecule has 94 valence electrons. The topological polar surface area (TPSA) is 48.6 Å². The fraction of sp³-hybridized carbons (Fsp3) is 0.0909. The Morgan fingerprint density at radius 1 is 1.17 bits per heavy atom. The van der Waals surface area contributed by atoms with Crippen molar-refractivity contribution in [1.82, 2.24) is 9.97 Å². The lowest BCUT2D eigenvalue weighted by atomic mass is 10.1. The molecule has 18 heavy (non-hydrogen) atoms. The highest BCUT2D eigenvalue weighted by molar-refractivity contribution is 7.71. The largest absolute Gasteiger partial charge is 0.330 e. The van der Waals surface area contributed by atoms with Crippen LogP contribution in [-0.2, 0) is 5.92 Å². The fourth-order valence-corrected chi connectivity index (χ4v) is 1.79. The fourth-order valence-electron chi connectivity index (χ4n) is 1.45. The van der Waals surface area contributed by atoms with Crippen LogP contribution in [-0.4, -0.2) is 9.97 Å². The van der Waals surface area contributed by atoms with Crippen LogP contribution in [0.2, 0.25) is 5.02 Å². The monoisotopic (exact) mass is 288 g/mol. The van der Waals surface area contributed by atoms with Gasteiger partial charge in [-0.05, 0) is 24.4 Å². The number of benzene rings is 1. The van der Waals surface area contributed by atoms with Crippen molar-refractivity contribution in [3.63, 3.8) is 0 Å². The van der Waals surface area contributed by atoms with Crippen molar-refractivity contribution >= 4 is 23.8 Å². The van der Waals surface area contributed by atoms with Gasteiger partial charge in [0.25, 0.3) is 5.56 Å². The van der Waals surface area contributed by atoms with Crippen LogP contribution in [0.3, 0.4) is 0 Å². The van der Waals surface area contributed by atoms with Crippen molar-refractivity contribution in [3.8, 4) is 0 Å². The summed E-state index contributed by atoms with van der Waals surface area (Å²) in [6, 6.07) is 5.88. The highest BCUT2D eigenvalue weighted by Gasteiger charge is 2.35. The van der Waals surface area contributed by atoms with Crippen LogP contribution < -0.4 is 5.56 Å². The number of H-pyrrole nitrogens is 2. The predicted octanol–water partition coefficient (Wildman–Crippen LogP) is 3.23. The van der Waals surface area contributed by atoms with Gasteiger partial charge < -0.3 is 4.98 Å². The van der Waals surface area contributed by atoms with E-state index in [4.69, 9.17) is 11.6 Å². The van der Waals surface area contributed by atoms with E-state index in [2.05, 4.69) is 22.2 Å². The van der Waals surface area contributed by atoms with E-state index in [0.717, 1.165) is 6.07 Å². The zero-order valence-corrected chi connectivity index (χ0v) is 10.4. The Labute approximate surface area is 110 Å². The Bertz CT molecular complexity index is 650. The van der Waals surface area contributed by atoms with Gasteiger partial charge in [-0.2, -0.15) is 8.78 Å². The van der Waals surface area contributed by atoms with Gasteiger partial charge in [-0.1, -0.05) is 23.7 Å². The average Bonchev–Trinajstić information content (AvgIpc) is 2.28. The van der Waals surface area contributed by atoms with Gasteiger partial charge in [0.05, 0.1) is 5.69 Å². The van der Waals surface area contributed by atoms with Gasteiger partial charge in [-0.3, -0.25) is 9.78 Å². The maximum Gasteiger partial charge on any atom is 0.313 e. The van der Waals surface area contributed by atoms with Crippen LogP contribution in [0.25, 0.3) is 0 Å². The molecular weight excluding hydrogens is 282 g/mol. The van der Waals surface area contributed by atoms with Crippen molar-refractivity contribution in [2.45, 2.75) is 5.92 Å². The number of hydrogen-bond donors (Lipinski definition) is 2. The van der Waals surface area contributed by atoms with Gasteiger partial charge in [0, 0.05) is 16.7 Å². The Morgan fingerprint density at radius 3 is 2.33 bits per heavy atom. The highest BCUT2D eigenvalue weighted by Crippen LogP contribution is 2.34. The highest BCUT2D eigenvalue weighted by atomic mass is 35.5. The molecule has 1 aromatic heterocycles. The second-order valence-electron chi connectivity index (χ2n) is 3.58. The van der Waals surface area contributed by atoms with E-state index in [1.807, 2.05) is 0 Å². The third-order valence-electron chi connectivity index (χ3n) is 2.31. The maximum absolute atomic E-state index is 14.1. The molecule has 0 aliphatic heterocycles. The van der Waals surface area contributed by atoms with Gasteiger partial charge in [-0.25, -0.2) is 0 Å². The van der Waals surface area contributed by atoms with E-state index < -0.39 is 17.2 Å². The molecular formula is C11H7ClF2N2OS. The first kappa shape index (κ1) is 12.9. The minimum atomic E-state index is -3.34. The Kier molecular flexibility index (Phi) is 3.32. The molecule has 1 heterocycles. The summed E-state index contributed by atoms with van der Waals surface area (Å²) in [5, 5.41) is 0.355.